The first-order valence-corrected chi connectivity index (χ1v) is 6.50. The van der Waals surface area contributed by atoms with E-state index in [4.69, 9.17) is 24.4 Å². The summed E-state index contributed by atoms with van der Waals surface area (Å²) >= 11 is 0. The highest BCUT2D eigenvalue weighted by Crippen LogP contribution is 2.43. The number of ether oxygens (including phenoxy) is 3. The van der Waals surface area contributed by atoms with Gasteiger partial charge in [0.25, 0.3) is 0 Å². The Bertz CT molecular complexity index is 839. The fraction of sp³-hybridized carbons (Fsp3) is 0.143. The summed E-state index contributed by atoms with van der Waals surface area (Å²) in [4.78, 5) is 4.03. The van der Waals surface area contributed by atoms with Gasteiger partial charge in [0.2, 0.25) is 12.7 Å². The molecule has 0 unspecified atom stereocenters. The Morgan fingerprint density at radius 1 is 1.18 bits per heavy atom. The molecule has 0 spiro atoms. The van der Waals surface area contributed by atoms with Crippen molar-refractivity contribution in [3.63, 3.8) is 0 Å². The number of nitrogen functional groups attached to an aromatic ring is 1. The first-order valence-electron chi connectivity index (χ1n) is 6.50. The van der Waals surface area contributed by atoms with Crippen molar-refractivity contribution in [1.82, 2.24) is 15.2 Å². The first-order chi connectivity index (χ1) is 10.7. The monoisotopic (exact) mass is 300 g/mol. The Kier molecular flexibility index (Phi) is 2.68. The third-order valence-corrected chi connectivity index (χ3v) is 3.30. The summed E-state index contributed by atoms with van der Waals surface area (Å²) in [5.74, 6) is 3.69. The largest absolute Gasteiger partial charge is 0.496 e. The second-order valence-electron chi connectivity index (χ2n) is 4.61. The number of benzene rings is 1. The molecule has 2 aromatic heterocycles. The Labute approximate surface area is 124 Å². The van der Waals surface area contributed by atoms with Gasteiger partial charge in [-0.2, -0.15) is 4.98 Å². The molecule has 22 heavy (non-hydrogen) atoms. The number of nitrogens with one attached hydrogen (secondary N) is 1. The number of nitrogens with two attached hydrogens (primary N) is 1. The topological polar surface area (TPSA) is 108 Å². The average Bonchev–Trinajstić information content (AvgIpc) is 3.25. The molecule has 3 heterocycles. The smallest absolute Gasteiger partial charge is 0.239 e. The van der Waals surface area contributed by atoms with Crippen LogP contribution in [0.5, 0.6) is 17.2 Å². The van der Waals surface area contributed by atoms with Crippen LogP contribution in [0.15, 0.2) is 28.7 Å². The zero-order chi connectivity index (χ0) is 15.1. The van der Waals surface area contributed by atoms with Crippen molar-refractivity contribution in [2.45, 2.75) is 0 Å². The van der Waals surface area contributed by atoms with Crippen LogP contribution in [0.4, 0.5) is 5.95 Å². The third-order valence-electron chi connectivity index (χ3n) is 3.30. The van der Waals surface area contributed by atoms with Gasteiger partial charge in [-0.05, 0) is 18.2 Å². The maximum absolute atomic E-state index is 5.81. The number of methoxy groups -OCH3 is 1. The van der Waals surface area contributed by atoms with Gasteiger partial charge in [-0.15, -0.1) is 5.10 Å². The fourth-order valence-electron chi connectivity index (χ4n) is 2.28. The van der Waals surface area contributed by atoms with E-state index in [0.29, 0.717) is 34.6 Å². The number of fused-ring (bicyclic) bond motifs is 1. The zero-order valence-corrected chi connectivity index (χ0v) is 11.6. The second-order valence-corrected chi connectivity index (χ2v) is 4.61. The number of H-pyrrole nitrogens is 1. The molecular formula is C14H12N4O4. The number of furan rings is 1. The van der Waals surface area contributed by atoms with Gasteiger partial charge in [0, 0.05) is 6.07 Å². The molecule has 0 bridgehead atoms. The van der Waals surface area contributed by atoms with E-state index in [1.54, 1.807) is 19.2 Å². The van der Waals surface area contributed by atoms with Crippen molar-refractivity contribution in [2.24, 2.45) is 0 Å². The standard InChI is InChI=1S/C14H12N4O4/c1-19-10-5-12-11(20-6-21-12)4-7(10)8-2-3-9(22-8)13-16-14(15)18-17-13/h2-5H,6H2,1H3,(H3,15,16,17,18). The van der Waals surface area contributed by atoms with Crippen LogP contribution in [0.3, 0.4) is 0 Å². The first kappa shape index (κ1) is 12.6. The molecule has 0 amide bonds. The molecule has 1 aliphatic rings. The molecule has 0 atom stereocenters. The van der Waals surface area contributed by atoms with Crippen LogP contribution in [0.1, 0.15) is 0 Å². The fourth-order valence-corrected chi connectivity index (χ4v) is 2.28. The lowest BCUT2D eigenvalue weighted by molar-refractivity contribution is 0.174. The SMILES string of the molecule is COc1cc2c(cc1-c1ccc(-c3nc(N)n[nH]3)o1)OCO2. The number of aromatic amines is 1. The molecule has 8 nitrogen and oxygen atoms in total. The molecule has 112 valence electrons. The van der Waals surface area contributed by atoms with E-state index in [1.807, 2.05) is 12.1 Å². The summed E-state index contributed by atoms with van der Waals surface area (Å²) in [7, 11) is 1.59. The maximum Gasteiger partial charge on any atom is 0.239 e. The number of hydrogen-bond acceptors (Lipinski definition) is 7. The van der Waals surface area contributed by atoms with Gasteiger partial charge in [0.15, 0.2) is 23.1 Å². The van der Waals surface area contributed by atoms with E-state index >= 15 is 0 Å². The average molecular weight is 300 g/mol. The molecule has 0 saturated heterocycles. The highest BCUT2D eigenvalue weighted by molar-refractivity contribution is 5.72. The maximum atomic E-state index is 5.81. The molecule has 0 radical (unpaired) electrons. The minimum absolute atomic E-state index is 0.161. The van der Waals surface area contributed by atoms with Gasteiger partial charge in [-0.25, -0.2) is 0 Å². The van der Waals surface area contributed by atoms with Crippen LogP contribution >= 0.6 is 0 Å². The molecule has 1 aromatic carbocycles. The minimum atomic E-state index is 0.161. The van der Waals surface area contributed by atoms with Crippen LogP contribution in [-0.4, -0.2) is 29.1 Å². The number of aromatic nitrogens is 3. The number of anilines is 1. The van der Waals surface area contributed by atoms with E-state index in [0.717, 1.165) is 5.56 Å². The number of nitrogens with zero attached hydrogens (tertiary/aromatic N) is 2. The quantitative estimate of drug-likeness (QED) is 0.762. The van der Waals surface area contributed by atoms with Gasteiger partial charge in [0.05, 0.1) is 12.7 Å². The lowest BCUT2D eigenvalue weighted by Gasteiger charge is -2.07. The van der Waals surface area contributed by atoms with Gasteiger partial charge in [-0.1, -0.05) is 0 Å². The molecule has 3 N–H and O–H groups in total. The van der Waals surface area contributed by atoms with Crippen molar-refractivity contribution in [3.05, 3.63) is 24.3 Å². The van der Waals surface area contributed by atoms with Crippen molar-refractivity contribution in [2.75, 3.05) is 19.6 Å². The minimum Gasteiger partial charge on any atom is -0.496 e. The number of hydrogen-bond donors (Lipinski definition) is 2. The van der Waals surface area contributed by atoms with Gasteiger partial charge >= 0.3 is 0 Å². The molecule has 0 saturated carbocycles. The van der Waals surface area contributed by atoms with Gasteiger partial charge < -0.3 is 24.4 Å². The predicted molar refractivity (Wildman–Crippen MR) is 76.6 cm³/mol. The molecule has 3 aromatic rings. The van der Waals surface area contributed by atoms with Crippen molar-refractivity contribution in [3.8, 4) is 40.2 Å². The van der Waals surface area contributed by atoms with Crippen LogP contribution in [0.2, 0.25) is 0 Å². The lowest BCUT2D eigenvalue weighted by atomic mass is 10.1. The van der Waals surface area contributed by atoms with Gasteiger partial charge in [0.1, 0.15) is 11.5 Å². The van der Waals surface area contributed by atoms with Crippen molar-refractivity contribution >= 4 is 5.95 Å². The van der Waals surface area contributed by atoms with Crippen LogP contribution < -0.4 is 19.9 Å². The summed E-state index contributed by atoms with van der Waals surface area (Å²) in [5.41, 5.74) is 6.25. The number of rotatable bonds is 3. The summed E-state index contributed by atoms with van der Waals surface area (Å²) in [6.07, 6.45) is 0. The summed E-state index contributed by atoms with van der Waals surface area (Å²) in [5, 5.41) is 6.48. The summed E-state index contributed by atoms with van der Waals surface area (Å²) in [6, 6.07) is 7.18. The van der Waals surface area contributed by atoms with E-state index in [1.165, 1.54) is 0 Å². The molecular weight excluding hydrogens is 288 g/mol. The second kappa shape index (κ2) is 4.69. The van der Waals surface area contributed by atoms with Crippen LogP contribution in [0.25, 0.3) is 22.9 Å². The predicted octanol–water partition coefficient (Wildman–Crippen LogP) is 2.05. The van der Waals surface area contributed by atoms with Crippen LogP contribution in [-0.2, 0) is 0 Å². The molecule has 1 aliphatic heterocycles. The Morgan fingerprint density at radius 3 is 2.68 bits per heavy atom. The van der Waals surface area contributed by atoms with Crippen LogP contribution in [0, 0.1) is 0 Å². The Morgan fingerprint density at radius 2 is 1.95 bits per heavy atom. The highest BCUT2D eigenvalue weighted by atomic mass is 16.7. The van der Waals surface area contributed by atoms with Crippen molar-refractivity contribution in [1.29, 1.82) is 0 Å². The van der Waals surface area contributed by atoms with E-state index in [9.17, 15) is 0 Å². The van der Waals surface area contributed by atoms with E-state index in [2.05, 4.69) is 15.2 Å². The van der Waals surface area contributed by atoms with E-state index < -0.39 is 0 Å². The normalized spacial score (nSPS) is 12.6. The molecule has 0 aliphatic carbocycles. The zero-order valence-electron chi connectivity index (χ0n) is 11.6. The molecule has 4 rings (SSSR count). The third kappa shape index (κ3) is 1.93. The summed E-state index contributed by atoms with van der Waals surface area (Å²) < 4.78 is 21.9. The highest BCUT2D eigenvalue weighted by Gasteiger charge is 2.21. The Hall–Kier alpha value is -3.16. The van der Waals surface area contributed by atoms with Crippen molar-refractivity contribution < 1.29 is 18.6 Å². The molecule has 8 heteroatoms. The summed E-state index contributed by atoms with van der Waals surface area (Å²) in [6.45, 7) is 0.197. The van der Waals surface area contributed by atoms with Gasteiger partial charge in [-0.3, -0.25) is 5.10 Å². The van der Waals surface area contributed by atoms with E-state index in [-0.39, 0.29) is 12.7 Å². The Balaban J connectivity index is 1.77. The lowest BCUT2D eigenvalue weighted by Crippen LogP contribution is -1.92. The molecule has 0 fully saturated rings.